The van der Waals surface area contributed by atoms with Gasteiger partial charge in [0, 0.05) is 0 Å². The monoisotopic (exact) mass is 147 g/mol. The van der Waals surface area contributed by atoms with Gasteiger partial charge < -0.3 is 5.73 Å². The van der Waals surface area contributed by atoms with Crippen LogP contribution in [0.15, 0.2) is 40.3 Å². The molecule has 0 aliphatic rings. The van der Waals surface area contributed by atoms with Gasteiger partial charge >= 0.3 is 0 Å². The van der Waals surface area contributed by atoms with E-state index in [-0.39, 0.29) is 0 Å². The van der Waals surface area contributed by atoms with E-state index in [0.717, 1.165) is 5.69 Å². The van der Waals surface area contributed by atoms with Crippen LogP contribution >= 0.6 is 0 Å². The minimum Gasteiger partial charge on any atom is -0.390 e. The first-order chi connectivity index (χ1) is 5.43. The average molecular weight is 147 g/mol. The minimum atomic E-state index is 0.873. The molecule has 11 heavy (non-hydrogen) atoms. The first-order valence-corrected chi connectivity index (χ1v) is 3.24. The number of hydrogen-bond acceptors (Lipinski definition) is 1. The van der Waals surface area contributed by atoms with Crippen LogP contribution < -0.4 is 5.73 Å². The summed E-state index contributed by atoms with van der Waals surface area (Å²) in [6.07, 6.45) is 2.61. The number of aliphatic imine (C=N–C) groups is 2. The Morgan fingerprint density at radius 2 is 1.91 bits per heavy atom. The quantitative estimate of drug-likeness (QED) is 0.498. The van der Waals surface area contributed by atoms with Crippen LogP contribution in [0.1, 0.15) is 0 Å². The molecule has 3 nitrogen and oxygen atoms in total. The van der Waals surface area contributed by atoms with Gasteiger partial charge in [-0.25, -0.2) is 9.98 Å². The van der Waals surface area contributed by atoms with Crippen molar-refractivity contribution in [1.29, 1.82) is 0 Å². The van der Waals surface area contributed by atoms with Crippen molar-refractivity contribution in [2.75, 3.05) is 0 Å². The number of rotatable bonds is 2. The van der Waals surface area contributed by atoms with Gasteiger partial charge in [0.2, 0.25) is 0 Å². The van der Waals surface area contributed by atoms with Gasteiger partial charge in [-0.15, -0.1) is 0 Å². The third kappa shape index (κ3) is 2.62. The normalized spacial score (nSPS) is 11.3. The molecule has 2 N–H and O–H groups in total. The van der Waals surface area contributed by atoms with Gasteiger partial charge in [-0.1, -0.05) is 18.2 Å². The molecule has 0 aromatic heterocycles. The Kier molecular flexibility index (Phi) is 2.86. The highest BCUT2D eigenvalue weighted by atomic mass is 14.9. The molecule has 3 heteroatoms. The van der Waals surface area contributed by atoms with Crippen molar-refractivity contribution in [3.8, 4) is 0 Å². The van der Waals surface area contributed by atoms with Gasteiger partial charge in [-0.3, -0.25) is 0 Å². The zero-order valence-electron chi connectivity index (χ0n) is 6.01. The Balaban J connectivity index is 2.64. The van der Waals surface area contributed by atoms with Crippen molar-refractivity contribution < 1.29 is 0 Å². The van der Waals surface area contributed by atoms with Gasteiger partial charge in [0.25, 0.3) is 0 Å². The predicted octanol–water partition coefficient (Wildman–Crippen LogP) is 1.33. The molecule has 0 saturated carbocycles. The van der Waals surface area contributed by atoms with Crippen LogP contribution in [0.2, 0.25) is 0 Å². The maximum Gasteiger partial charge on any atom is 0.117 e. The summed E-state index contributed by atoms with van der Waals surface area (Å²) in [5, 5.41) is 0. The molecule has 0 heterocycles. The molecule has 56 valence electrons. The SMILES string of the molecule is NC=NC=Nc1ccccc1. The topological polar surface area (TPSA) is 50.7 Å². The standard InChI is InChI=1S/C8H9N3/c9-6-10-7-11-8-4-2-1-3-5-8/h1-7H,(H2,9,10,11). The minimum absolute atomic E-state index is 0.873. The van der Waals surface area contributed by atoms with Crippen molar-refractivity contribution in [3.63, 3.8) is 0 Å². The zero-order chi connectivity index (χ0) is 7.94. The maximum absolute atomic E-state index is 5.01. The van der Waals surface area contributed by atoms with Crippen LogP contribution in [0.4, 0.5) is 5.69 Å². The molecule has 0 saturated heterocycles. The van der Waals surface area contributed by atoms with E-state index in [1.165, 1.54) is 12.7 Å². The van der Waals surface area contributed by atoms with Gasteiger partial charge in [0.15, 0.2) is 0 Å². The lowest BCUT2D eigenvalue weighted by molar-refractivity contribution is 1.51. The number of nitrogens with zero attached hydrogens (tertiary/aromatic N) is 2. The molecular formula is C8H9N3. The maximum atomic E-state index is 5.01. The van der Waals surface area contributed by atoms with Crippen molar-refractivity contribution in [2.24, 2.45) is 15.7 Å². The van der Waals surface area contributed by atoms with Gasteiger partial charge in [-0.05, 0) is 12.1 Å². The molecule has 0 amide bonds. The van der Waals surface area contributed by atoms with Crippen molar-refractivity contribution in [2.45, 2.75) is 0 Å². The van der Waals surface area contributed by atoms with Crippen LogP contribution in [-0.4, -0.2) is 12.7 Å². The van der Waals surface area contributed by atoms with Crippen molar-refractivity contribution in [3.05, 3.63) is 30.3 Å². The smallest absolute Gasteiger partial charge is 0.117 e. The van der Waals surface area contributed by atoms with E-state index in [4.69, 9.17) is 5.73 Å². The Morgan fingerprint density at radius 3 is 2.55 bits per heavy atom. The van der Waals surface area contributed by atoms with E-state index < -0.39 is 0 Å². The lowest BCUT2D eigenvalue weighted by Crippen LogP contribution is -1.87. The second-order valence-corrected chi connectivity index (χ2v) is 1.88. The average Bonchev–Trinajstić information content (AvgIpc) is 2.07. The highest BCUT2D eigenvalue weighted by molar-refractivity contribution is 5.71. The number of benzene rings is 1. The largest absolute Gasteiger partial charge is 0.390 e. The fraction of sp³-hybridized carbons (Fsp3) is 0. The highest BCUT2D eigenvalue weighted by Crippen LogP contribution is 2.07. The van der Waals surface area contributed by atoms with Crippen LogP contribution in [-0.2, 0) is 0 Å². The molecule has 1 rings (SSSR count). The van der Waals surface area contributed by atoms with Crippen molar-refractivity contribution in [1.82, 2.24) is 0 Å². The molecule has 0 atom stereocenters. The fourth-order valence-electron chi connectivity index (χ4n) is 0.653. The van der Waals surface area contributed by atoms with E-state index in [1.807, 2.05) is 30.3 Å². The van der Waals surface area contributed by atoms with E-state index in [1.54, 1.807) is 0 Å². The van der Waals surface area contributed by atoms with Crippen LogP contribution in [0.3, 0.4) is 0 Å². The summed E-state index contributed by atoms with van der Waals surface area (Å²) in [7, 11) is 0. The molecular weight excluding hydrogens is 138 g/mol. The summed E-state index contributed by atoms with van der Waals surface area (Å²) in [4.78, 5) is 7.62. The van der Waals surface area contributed by atoms with Gasteiger partial charge in [-0.2, -0.15) is 0 Å². The second-order valence-electron chi connectivity index (χ2n) is 1.88. The van der Waals surface area contributed by atoms with E-state index in [2.05, 4.69) is 9.98 Å². The summed E-state index contributed by atoms with van der Waals surface area (Å²) < 4.78 is 0. The third-order valence-corrected chi connectivity index (χ3v) is 1.12. The molecule has 0 aliphatic heterocycles. The number of para-hydroxylation sites is 1. The predicted molar refractivity (Wildman–Crippen MR) is 47.3 cm³/mol. The lowest BCUT2D eigenvalue weighted by Gasteiger charge is -1.87. The van der Waals surface area contributed by atoms with Crippen LogP contribution in [0.5, 0.6) is 0 Å². The Morgan fingerprint density at radius 1 is 1.18 bits per heavy atom. The summed E-state index contributed by atoms with van der Waals surface area (Å²) in [6.45, 7) is 0. The molecule has 1 aromatic rings. The summed E-state index contributed by atoms with van der Waals surface area (Å²) in [5.74, 6) is 0. The van der Waals surface area contributed by atoms with Crippen molar-refractivity contribution >= 4 is 18.4 Å². The number of nitrogens with two attached hydrogens (primary N) is 1. The number of hydrogen-bond donors (Lipinski definition) is 1. The summed E-state index contributed by atoms with van der Waals surface area (Å²) >= 11 is 0. The fourth-order valence-corrected chi connectivity index (χ4v) is 0.653. The summed E-state index contributed by atoms with van der Waals surface area (Å²) in [6, 6.07) is 9.55. The molecule has 0 unspecified atom stereocenters. The molecule has 1 aromatic carbocycles. The second kappa shape index (κ2) is 4.22. The summed E-state index contributed by atoms with van der Waals surface area (Å²) in [5.41, 5.74) is 5.88. The molecule has 0 aliphatic carbocycles. The molecule has 0 radical (unpaired) electrons. The Labute approximate surface area is 65.3 Å². The first kappa shape index (κ1) is 7.47. The first-order valence-electron chi connectivity index (χ1n) is 3.24. The zero-order valence-corrected chi connectivity index (χ0v) is 6.01. The van der Waals surface area contributed by atoms with Gasteiger partial charge in [0.05, 0.1) is 12.0 Å². The van der Waals surface area contributed by atoms with E-state index >= 15 is 0 Å². The molecule has 0 spiro atoms. The third-order valence-electron chi connectivity index (χ3n) is 1.12. The van der Waals surface area contributed by atoms with Crippen LogP contribution in [0.25, 0.3) is 0 Å². The van der Waals surface area contributed by atoms with Crippen LogP contribution in [0, 0.1) is 0 Å². The Bertz CT molecular complexity index is 251. The highest BCUT2D eigenvalue weighted by Gasteiger charge is 1.79. The van der Waals surface area contributed by atoms with E-state index in [9.17, 15) is 0 Å². The molecule has 0 bridgehead atoms. The van der Waals surface area contributed by atoms with E-state index in [0.29, 0.717) is 0 Å². The van der Waals surface area contributed by atoms with Gasteiger partial charge in [0.1, 0.15) is 6.34 Å². The Hall–Kier alpha value is -1.64. The lowest BCUT2D eigenvalue weighted by atomic mass is 10.3. The molecule has 0 fully saturated rings.